The first-order valence-corrected chi connectivity index (χ1v) is 11.5. The first-order chi connectivity index (χ1) is 14.3. The Balaban J connectivity index is 1.37. The highest BCUT2D eigenvalue weighted by Gasteiger charge is 2.60. The highest BCUT2D eigenvalue weighted by atomic mass is 16.2. The number of carbonyl (C=O) groups is 2. The Morgan fingerprint density at radius 3 is 2.73 bits per heavy atom. The maximum atomic E-state index is 12.8. The number of fused-ring (bicyclic) bond motifs is 5. The van der Waals surface area contributed by atoms with Gasteiger partial charge in [-0.2, -0.15) is 0 Å². The van der Waals surface area contributed by atoms with Crippen LogP contribution in [0.15, 0.2) is 36.5 Å². The van der Waals surface area contributed by atoms with Crippen LogP contribution in [0.3, 0.4) is 0 Å². The predicted octanol–water partition coefficient (Wildman–Crippen LogP) is 3.82. The molecule has 2 heterocycles. The molecule has 3 saturated carbocycles. The molecule has 3 fully saturated rings. The van der Waals surface area contributed by atoms with Crippen LogP contribution in [0.5, 0.6) is 0 Å². The van der Waals surface area contributed by atoms with Gasteiger partial charge in [-0.3, -0.25) is 14.6 Å². The molecule has 5 rings (SSSR count). The molecule has 30 heavy (non-hydrogen) atoms. The minimum absolute atomic E-state index is 0.0457. The van der Waals surface area contributed by atoms with Crippen molar-refractivity contribution >= 4 is 11.8 Å². The van der Waals surface area contributed by atoms with Crippen LogP contribution in [-0.2, 0) is 4.79 Å². The van der Waals surface area contributed by atoms with Crippen LogP contribution in [-0.4, -0.2) is 40.8 Å². The second-order valence-electron chi connectivity index (χ2n) is 10.5. The molecule has 1 aliphatic heterocycles. The SMILES string of the molecule is CN1C(=O)C=C[C@]2(C)[C@H]3CCC4(C)C(NC(=O)c5ccccn5)CC[C@H]4[C@@H]3CC[C@@H]12. The van der Waals surface area contributed by atoms with Crippen molar-refractivity contribution < 1.29 is 9.59 Å². The fourth-order valence-electron chi connectivity index (χ4n) is 7.70. The van der Waals surface area contributed by atoms with Gasteiger partial charge in [0.1, 0.15) is 5.69 Å². The van der Waals surface area contributed by atoms with E-state index >= 15 is 0 Å². The summed E-state index contributed by atoms with van der Waals surface area (Å²) in [5, 5.41) is 3.34. The number of hydrogen-bond acceptors (Lipinski definition) is 3. The first kappa shape index (κ1) is 19.8. The lowest BCUT2D eigenvalue weighted by atomic mass is 9.48. The predicted molar refractivity (Wildman–Crippen MR) is 116 cm³/mol. The van der Waals surface area contributed by atoms with Crippen molar-refractivity contribution in [3.05, 3.63) is 42.2 Å². The van der Waals surface area contributed by atoms with Crippen molar-refractivity contribution in [2.45, 2.75) is 64.5 Å². The van der Waals surface area contributed by atoms with Gasteiger partial charge < -0.3 is 10.2 Å². The summed E-state index contributed by atoms with van der Waals surface area (Å²) in [7, 11) is 1.97. The third-order valence-corrected chi connectivity index (χ3v) is 9.33. The molecule has 160 valence electrons. The Morgan fingerprint density at radius 2 is 1.97 bits per heavy atom. The van der Waals surface area contributed by atoms with Gasteiger partial charge in [-0.1, -0.05) is 26.0 Å². The average molecular weight is 408 g/mol. The molecule has 5 heteroatoms. The van der Waals surface area contributed by atoms with Gasteiger partial charge in [0.15, 0.2) is 0 Å². The van der Waals surface area contributed by atoms with E-state index < -0.39 is 0 Å². The van der Waals surface area contributed by atoms with E-state index in [4.69, 9.17) is 0 Å². The van der Waals surface area contributed by atoms with E-state index in [1.165, 1.54) is 19.3 Å². The van der Waals surface area contributed by atoms with Crippen LogP contribution in [0.4, 0.5) is 0 Å². The molecule has 3 aliphatic carbocycles. The fraction of sp³-hybridized carbons (Fsp3) is 0.640. The van der Waals surface area contributed by atoms with Gasteiger partial charge in [0, 0.05) is 30.7 Å². The summed E-state index contributed by atoms with van der Waals surface area (Å²) in [5.41, 5.74) is 0.725. The van der Waals surface area contributed by atoms with E-state index in [1.54, 1.807) is 18.3 Å². The molecule has 4 aliphatic rings. The normalized spacial score (nSPS) is 42.3. The summed E-state index contributed by atoms with van der Waals surface area (Å²) in [4.78, 5) is 31.2. The van der Waals surface area contributed by atoms with Crippen LogP contribution in [0, 0.1) is 28.6 Å². The van der Waals surface area contributed by atoms with E-state index in [0.717, 1.165) is 19.3 Å². The summed E-state index contributed by atoms with van der Waals surface area (Å²) in [6.45, 7) is 4.79. The minimum Gasteiger partial charge on any atom is -0.347 e. The number of likely N-dealkylation sites (N-methyl/N-ethyl adjacent to an activating group) is 1. The lowest BCUT2D eigenvalue weighted by Crippen LogP contribution is -2.60. The Kier molecular flexibility index (Phi) is 4.57. The van der Waals surface area contributed by atoms with Crippen LogP contribution in [0.1, 0.15) is 62.9 Å². The Morgan fingerprint density at radius 1 is 1.13 bits per heavy atom. The topological polar surface area (TPSA) is 62.3 Å². The summed E-state index contributed by atoms with van der Waals surface area (Å²) < 4.78 is 0. The number of hydrogen-bond donors (Lipinski definition) is 1. The number of nitrogens with one attached hydrogen (secondary N) is 1. The fourth-order valence-corrected chi connectivity index (χ4v) is 7.70. The van der Waals surface area contributed by atoms with Crippen molar-refractivity contribution in [1.82, 2.24) is 15.2 Å². The van der Waals surface area contributed by atoms with Gasteiger partial charge in [0.25, 0.3) is 5.91 Å². The van der Waals surface area contributed by atoms with E-state index in [2.05, 4.69) is 30.2 Å². The highest BCUT2D eigenvalue weighted by molar-refractivity contribution is 5.92. The standard InChI is InChI=1S/C25H33N3O2/c1-24-13-11-18-16(7-10-21-25(18,2)14-12-22(29)28(21)3)17(24)8-9-20(24)27-23(30)19-6-4-5-15-26-19/h4-6,12,14-18,20-21H,7-11,13H2,1-3H3,(H,27,30)/t16-,17-,18-,20?,21+,24?,25+/m0/s1. The van der Waals surface area contributed by atoms with E-state index in [-0.39, 0.29) is 28.7 Å². The van der Waals surface area contributed by atoms with Gasteiger partial charge in [-0.25, -0.2) is 0 Å². The number of pyridine rings is 1. The van der Waals surface area contributed by atoms with Gasteiger partial charge in [-0.05, 0) is 79.9 Å². The smallest absolute Gasteiger partial charge is 0.270 e. The molecule has 2 unspecified atom stereocenters. The molecule has 1 aromatic heterocycles. The zero-order chi connectivity index (χ0) is 21.1. The molecule has 0 bridgehead atoms. The number of amides is 2. The van der Waals surface area contributed by atoms with Crippen molar-refractivity contribution in [2.75, 3.05) is 7.05 Å². The zero-order valence-corrected chi connectivity index (χ0v) is 18.3. The Bertz CT molecular complexity index is 884. The van der Waals surface area contributed by atoms with Crippen molar-refractivity contribution in [3.8, 4) is 0 Å². The van der Waals surface area contributed by atoms with Gasteiger partial charge in [0.2, 0.25) is 5.91 Å². The molecule has 2 amide bonds. The molecule has 1 aromatic rings. The van der Waals surface area contributed by atoms with Crippen LogP contribution >= 0.6 is 0 Å². The van der Waals surface area contributed by atoms with Gasteiger partial charge in [0.05, 0.1) is 0 Å². The monoisotopic (exact) mass is 407 g/mol. The number of rotatable bonds is 2. The maximum absolute atomic E-state index is 12.8. The quantitative estimate of drug-likeness (QED) is 0.811. The third kappa shape index (κ3) is 2.77. The molecule has 0 spiro atoms. The average Bonchev–Trinajstić information content (AvgIpc) is 3.08. The summed E-state index contributed by atoms with van der Waals surface area (Å²) in [6.07, 6.45) is 12.5. The van der Waals surface area contributed by atoms with E-state index in [9.17, 15) is 9.59 Å². The van der Waals surface area contributed by atoms with E-state index in [0.29, 0.717) is 29.5 Å². The second kappa shape index (κ2) is 6.93. The van der Waals surface area contributed by atoms with Gasteiger partial charge >= 0.3 is 0 Å². The molecular formula is C25H33N3O2. The highest BCUT2D eigenvalue weighted by Crippen LogP contribution is 2.63. The first-order valence-electron chi connectivity index (χ1n) is 11.5. The number of nitrogens with zero attached hydrogens (tertiary/aromatic N) is 2. The van der Waals surface area contributed by atoms with Gasteiger partial charge in [-0.15, -0.1) is 0 Å². The Hall–Kier alpha value is -2.17. The molecular weight excluding hydrogens is 374 g/mol. The van der Waals surface area contributed by atoms with Crippen LogP contribution in [0.25, 0.3) is 0 Å². The summed E-state index contributed by atoms with van der Waals surface area (Å²) in [6, 6.07) is 6.03. The number of aromatic nitrogens is 1. The minimum atomic E-state index is -0.0457. The van der Waals surface area contributed by atoms with Crippen molar-refractivity contribution in [1.29, 1.82) is 0 Å². The second-order valence-corrected chi connectivity index (χ2v) is 10.5. The number of carbonyl (C=O) groups excluding carboxylic acids is 2. The molecule has 0 saturated heterocycles. The molecule has 0 aromatic carbocycles. The van der Waals surface area contributed by atoms with Crippen molar-refractivity contribution in [2.24, 2.45) is 28.6 Å². The maximum Gasteiger partial charge on any atom is 0.270 e. The lowest BCUT2D eigenvalue weighted by Gasteiger charge is -2.60. The molecule has 7 atom stereocenters. The molecule has 1 N–H and O–H groups in total. The van der Waals surface area contributed by atoms with Crippen molar-refractivity contribution in [3.63, 3.8) is 0 Å². The third-order valence-electron chi connectivity index (χ3n) is 9.33. The molecule has 0 radical (unpaired) electrons. The summed E-state index contributed by atoms with van der Waals surface area (Å²) >= 11 is 0. The largest absolute Gasteiger partial charge is 0.347 e. The lowest BCUT2D eigenvalue weighted by molar-refractivity contribution is -0.138. The summed E-state index contributed by atoms with van der Waals surface area (Å²) in [5.74, 6) is 2.03. The Labute approximate surface area is 179 Å². The molecule has 5 nitrogen and oxygen atoms in total. The zero-order valence-electron chi connectivity index (χ0n) is 18.3. The van der Waals surface area contributed by atoms with E-state index in [1.807, 2.05) is 24.1 Å². The van der Waals surface area contributed by atoms with Crippen LogP contribution in [0.2, 0.25) is 0 Å². The van der Waals surface area contributed by atoms with Crippen LogP contribution < -0.4 is 5.32 Å².